The van der Waals surface area contributed by atoms with E-state index in [1.165, 1.54) is 19.2 Å². The monoisotopic (exact) mass is 291 g/mol. The third-order valence-electron chi connectivity index (χ3n) is 2.87. The first-order valence-electron chi connectivity index (χ1n) is 6.00. The molecule has 0 heterocycles. The summed E-state index contributed by atoms with van der Waals surface area (Å²) < 4.78 is 5.21. The Morgan fingerprint density at radius 3 is 2.70 bits per heavy atom. The summed E-state index contributed by atoms with van der Waals surface area (Å²) in [6, 6.07) is 12.1. The van der Waals surface area contributed by atoms with E-state index in [0.29, 0.717) is 23.0 Å². The molecule has 0 unspecified atom stereocenters. The molecule has 0 spiro atoms. The molecule has 0 aliphatic heterocycles. The van der Waals surface area contributed by atoms with Gasteiger partial charge in [0.2, 0.25) is 0 Å². The summed E-state index contributed by atoms with van der Waals surface area (Å²) in [5.74, 6) is -0.393. The molecule has 0 amide bonds. The molecular formula is C15H14ClNO3. The van der Waals surface area contributed by atoms with E-state index in [4.69, 9.17) is 21.4 Å². The SMILES string of the molecule is COc1ccc(C(=O)O)cc1NCc1ccccc1Cl. The number of anilines is 1. The second kappa shape index (κ2) is 6.30. The number of carboxylic acids is 1. The molecule has 2 aromatic rings. The number of carbonyl (C=O) groups is 1. The molecule has 0 bridgehead atoms. The molecule has 20 heavy (non-hydrogen) atoms. The van der Waals surface area contributed by atoms with Crippen LogP contribution >= 0.6 is 11.6 Å². The van der Waals surface area contributed by atoms with Gasteiger partial charge in [-0.25, -0.2) is 4.79 Å². The van der Waals surface area contributed by atoms with Crippen LogP contribution in [0.5, 0.6) is 5.75 Å². The first kappa shape index (κ1) is 14.2. The number of carboxylic acid groups (broad SMARTS) is 1. The van der Waals surface area contributed by atoms with E-state index in [2.05, 4.69) is 5.32 Å². The number of benzene rings is 2. The van der Waals surface area contributed by atoms with Gasteiger partial charge in [0.15, 0.2) is 0 Å². The third-order valence-corrected chi connectivity index (χ3v) is 3.24. The number of nitrogens with one attached hydrogen (secondary N) is 1. The molecule has 0 radical (unpaired) electrons. The molecule has 2 N–H and O–H groups in total. The predicted molar refractivity (Wildman–Crippen MR) is 78.7 cm³/mol. The lowest BCUT2D eigenvalue weighted by molar-refractivity contribution is 0.0697. The molecule has 2 aromatic carbocycles. The van der Waals surface area contributed by atoms with Crippen LogP contribution < -0.4 is 10.1 Å². The zero-order valence-corrected chi connectivity index (χ0v) is 11.6. The van der Waals surface area contributed by atoms with E-state index in [0.717, 1.165) is 5.56 Å². The van der Waals surface area contributed by atoms with Gasteiger partial charge in [-0.05, 0) is 29.8 Å². The fourth-order valence-corrected chi connectivity index (χ4v) is 2.01. The van der Waals surface area contributed by atoms with Gasteiger partial charge in [0.05, 0.1) is 18.4 Å². The molecule has 0 aromatic heterocycles. The van der Waals surface area contributed by atoms with Crippen LogP contribution in [0.1, 0.15) is 15.9 Å². The van der Waals surface area contributed by atoms with Gasteiger partial charge in [-0.1, -0.05) is 29.8 Å². The molecule has 0 atom stereocenters. The summed E-state index contributed by atoms with van der Waals surface area (Å²) in [6.45, 7) is 0.485. The Morgan fingerprint density at radius 1 is 1.30 bits per heavy atom. The number of rotatable bonds is 5. The standard InChI is InChI=1S/C15H14ClNO3/c1-20-14-7-6-10(15(18)19)8-13(14)17-9-11-4-2-3-5-12(11)16/h2-8,17H,9H2,1H3,(H,18,19). The Balaban J connectivity index is 2.22. The molecule has 0 aliphatic rings. The highest BCUT2D eigenvalue weighted by atomic mass is 35.5. The predicted octanol–water partition coefficient (Wildman–Crippen LogP) is 3.66. The molecule has 2 rings (SSSR count). The third kappa shape index (κ3) is 3.22. The van der Waals surface area contributed by atoms with Crippen LogP contribution in [-0.4, -0.2) is 18.2 Å². The van der Waals surface area contributed by atoms with Crippen molar-refractivity contribution in [3.05, 3.63) is 58.6 Å². The molecule has 4 nitrogen and oxygen atoms in total. The van der Waals surface area contributed by atoms with E-state index in [-0.39, 0.29) is 5.56 Å². The largest absolute Gasteiger partial charge is 0.495 e. The van der Waals surface area contributed by atoms with Crippen molar-refractivity contribution in [1.29, 1.82) is 0 Å². The van der Waals surface area contributed by atoms with Crippen LogP contribution in [0.3, 0.4) is 0 Å². The average Bonchev–Trinajstić information content (AvgIpc) is 2.46. The van der Waals surface area contributed by atoms with Crippen molar-refractivity contribution in [2.45, 2.75) is 6.54 Å². The normalized spacial score (nSPS) is 10.1. The Bertz CT molecular complexity index is 628. The zero-order valence-electron chi connectivity index (χ0n) is 10.9. The van der Waals surface area contributed by atoms with Crippen molar-refractivity contribution in [2.24, 2.45) is 0 Å². The van der Waals surface area contributed by atoms with Gasteiger partial charge < -0.3 is 15.2 Å². The summed E-state index contributed by atoms with van der Waals surface area (Å²) in [4.78, 5) is 11.0. The number of aromatic carboxylic acids is 1. The van der Waals surface area contributed by atoms with Crippen LogP contribution in [0.2, 0.25) is 5.02 Å². The molecule has 104 valence electrons. The Morgan fingerprint density at radius 2 is 2.05 bits per heavy atom. The first-order valence-corrected chi connectivity index (χ1v) is 6.38. The van der Waals surface area contributed by atoms with Crippen molar-refractivity contribution < 1.29 is 14.6 Å². The van der Waals surface area contributed by atoms with Crippen molar-refractivity contribution in [3.8, 4) is 5.75 Å². The lowest BCUT2D eigenvalue weighted by atomic mass is 10.1. The minimum atomic E-state index is -0.978. The highest BCUT2D eigenvalue weighted by Crippen LogP contribution is 2.27. The molecule has 0 saturated heterocycles. The maximum atomic E-state index is 11.0. The second-order valence-electron chi connectivity index (χ2n) is 4.17. The van der Waals surface area contributed by atoms with Gasteiger partial charge in [0.1, 0.15) is 5.75 Å². The summed E-state index contributed by atoms with van der Waals surface area (Å²) in [5, 5.41) is 12.8. The Kier molecular flexibility index (Phi) is 4.48. The van der Waals surface area contributed by atoms with Crippen LogP contribution in [-0.2, 0) is 6.54 Å². The smallest absolute Gasteiger partial charge is 0.335 e. The Labute approximate surface area is 122 Å². The van der Waals surface area contributed by atoms with Crippen LogP contribution in [0.4, 0.5) is 5.69 Å². The van der Waals surface area contributed by atoms with Crippen LogP contribution in [0, 0.1) is 0 Å². The van der Waals surface area contributed by atoms with Gasteiger partial charge in [0, 0.05) is 11.6 Å². The minimum absolute atomic E-state index is 0.201. The maximum Gasteiger partial charge on any atom is 0.335 e. The second-order valence-corrected chi connectivity index (χ2v) is 4.57. The lowest BCUT2D eigenvalue weighted by Crippen LogP contribution is -2.04. The number of ether oxygens (including phenoxy) is 1. The minimum Gasteiger partial charge on any atom is -0.495 e. The van der Waals surface area contributed by atoms with E-state index in [9.17, 15) is 4.79 Å². The average molecular weight is 292 g/mol. The molecule has 0 fully saturated rings. The molecule has 0 aliphatic carbocycles. The van der Waals surface area contributed by atoms with Gasteiger partial charge in [0.25, 0.3) is 0 Å². The summed E-state index contributed by atoms with van der Waals surface area (Å²) in [5.41, 5.74) is 1.75. The van der Waals surface area contributed by atoms with Gasteiger partial charge >= 0.3 is 5.97 Å². The summed E-state index contributed by atoms with van der Waals surface area (Å²) >= 11 is 6.08. The van der Waals surface area contributed by atoms with E-state index in [1.54, 1.807) is 6.07 Å². The summed E-state index contributed by atoms with van der Waals surface area (Å²) in [7, 11) is 1.54. The van der Waals surface area contributed by atoms with Crippen molar-refractivity contribution in [2.75, 3.05) is 12.4 Å². The fraction of sp³-hybridized carbons (Fsp3) is 0.133. The van der Waals surface area contributed by atoms with Crippen molar-refractivity contribution >= 4 is 23.3 Å². The van der Waals surface area contributed by atoms with Crippen LogP contribution in [0.15, 0.2) is 42.5 Å². The molecule has 5 heteroatoms. The maximum absolute atomic E-state index is 11.0. The number of hydrogen-bond acceptors (Lipinski definition) is 3. The van der Waals surface area contributed by atoms with E-state index >= 15 is 0 Å². The highest BCUT2D eigenvalue weighted by molar-refractivity contribution is 6.31. The zero-order chi connectivity index (χ0) is 14.5. The topological polar surface area (TPSA) is 58.6 Å². The van der Waals surface area contributed by atoms with Crippen LogP contribution in [0.25, 0.3) is 0 Å². The van der Waals surface area contributed by atoms with Crippen molar-refractivity contribution in [3.63, 3.8) is 0 Å². The Hall–Kier alpha value is -2.20. The molecular weight excluding hydrogens is 278 g/mol. The van der Waals surface area contributed by atoms with Gasteiger partial charge in [-0.15, -0.1) is 0 Å². The summed E-state index contributed by atoms with van der Waals surface area (Å²) in [6.07, 6.45) is 0. The van der Waals surface area contributed by atoms with Gasteiger partial charge in [-0.2, -0.15) is 0 Å². The number of methoxy groups -OCH3 is 1. The lowest BCUT2D eigenvalue weighted by Gasteiger charge is -2.12. The van der Waals surface area contributed by atoms with E-state index < -0.39 is 5.97 Å². The highest BCUT2D eigenvalue weighted by Gasteiger charge is 2.09. The quantitative estimate of drug-likeness (QED) is 0.882. The number of hydrogen-bond donors (Lipinski definition) is 2. The fourth-order valence-electron chi connectivity index (χ4n) is 1.81. The molecule has 0 saturated carbocycles. The first-order chi connectivity index (χ1) is 9.61. The van der Waals surface area contributed by atoms with E-state index in [1.807, 2.05) is 24.3 Å². The van der Waals surface area contributed by atoms with Crippen molar-refractivity contribution in [1.82, 2.24) is 0 Å². The van der Waals surface area contributed by atoms with Gasteiger partial charge in [-0.3, -0.25) is 0 Å². The number of halogens is 1.